The lowest BCUT2D eigenvalue weighted by Gasteiger charge is -2.38. The number of nitriles is 1. The molecule has 1 saturated heterocycles. The number of carbonyl (C=O) groups is 1. The predicted molar refractivity (Wildman–Crippen MR) is 154 cm³/mol. The molecule has 1 aromatic heterocycles. The molecule has 40 heavy (non-hydrogen) atoms. The van der Waals surface area contributed by atoms with Gasteiger partial charge in [-0.1, -0.05) is 24.3 Å². The number of pyridine rings is 1. The number of nitrogens with zero attached hydrogens (tertiary/aromatic N) is 3. The molecule has 1 fully saturated rings. The number of amides is 1. The average Bonchev–Trinajstić information content (AvgIpc) is 2.96. The Morgan fingerprint density at radius 1 is 1.15 bits per heavy atom. The molecular weight excluding hydrogens is 509 g/mol. The largest absolute Gasteiger partial charge is 0.453 e. The number of hydrogen-bond donors (Lipinski definition) is 2. The Labute approximate surface area is 232 Å². The standard InChI is InChI=1S/C31H30FN5O3/c1-18-11-21(13-22(32)12-18)25-16-35-27-8-7-19(23-6-4-5-20(15-33)29(23)36-31(38)40-3)14-24(27)30(25)37-10-9-26(34)28(17-37)39-2/h4-8,11-14,16,26,28H,9-10,17,34H2,1-3H3,(H,36,38). The van der Waals surface area contributed by atoms with Gasteiger partial charge >= 0.3 is 6.09 Å². The van der Waals surface area contributed by atoms with E-state index >= 15 is 0 Å². The van der Waals surface area contributed by atoms with Crippen molar-refractivity contribution in [2.75, 3.05) is 37.5 Å². The van der Waals surface area contributed by atoms with E-state index in [1.807, 2.05) is 37.3 Å². The fourth-order valence-electron chi connectivity index (χ4n) is 5.35. The molecule has 2 heterocycles. The molecule has 1 amide bonds. The maximum atomic E-state index is 14.6. The first-order chi connectivity index (χ1) is 19.3. The fourth-order valence-corrected chi connectivity index (χ4v) is 5.35. The molecule has 0 saturated carbocycles. The SMILES string of the molecule is COC(=O)Nc1c(C#N)cccc1-c1ccc2ncc(-c3cc(C)cc(F)c3)c(N3CCC(N)C(OC)C3)c2c1. The maximum Gasteiger partial charge on any atom is 0.411 e. The van der Waals surface area contributed by atoms with Crippen LogP contribution in [0, 0.1) is 24.1 Å². The maximum absolute atomic E-state index is 14.6. The number of ether oxygens (including phenoxy) is 2. The monoisotopic (exact) mass is 539 g/mol. The van der Waals surface area contributed by atoms with Crippen LogP contribution in [-0.4, -0.2) is 50.5 Å². The highest BCUT2D eigenvalue weighted by molar-refractivity contribution is 6.03. The summed E-state index contributed by atoms with van der Waals surface area (Å²) in [5.74, 6) is -0.322. The molecule has 2 unspecified atom stereocenters. The molecule has 0 bridgehead atoms. The van der Waals surface area contributed by atoms with Crippen LogP contribution in [-0.2, 0) is 9.47 Å². The first-order valence-electron chi connectivity index (χ1n) is 12.9. The summed E-state index contributed by atoms with van der Waals surface area (Å²) in [6.07, 6.45) is 1.65. The van der Waals surface area contributed by atoms with E-state index in [2.05, 4.69) is 16.3 Å². The van der Waals surface area contributed by atoms with Crippen molar-refractivity contribution in [2.45, 2.75) is 25.5 Å². The van der Waals surface area contributed by atoms with Crippen LogP contribution in [0.1, 0.15) is 17.5 Å². The number of rotatable bonds is 5. The zero-order valence-corrected chi connectivity index (χ0v) is 22.6. The first-order valence-corrected chi connectivity index (χ1v) is 12.9. The van der Waals surface area contributed by atoms with Gasteiger partial charge in [0.1, 0.15) is 11.9 Å². The highest BCUT2D eigenvalue weighted by Gasteiger charge is 2.29. The molecule has 8 nitrogen and oxygen atoms in total. The first kappa shape index (κ1) is 27.1. The molecule has 1 aliphatic rings. The van der Waals surface area contributed by atoms with E-state index in [4.69, 9.17) is 20.2 Å². The predicted octanol–water partition coefficient (Wildman–Crippen LogP) is 5.62. The zero-order valence-electron chi connectivity index (χ0n) is 22.6. The van der Waals surface area contributed by atoms with Gasteiger partial charge in [-0.25, -0.2) is 9.18 Å². The molecule has 0 spiro atoms. The normalized spacial score (nSPS) is 16.9. The van der Waals surface area contributed by atoms with Crippen molar-refractivity contribution in [3.05, 3.63) is 77.7 Å². The summed E-state index contributed by atoms with van der Waals surface area (Å²) in [7, 11) is 2.93. The van der Waals surface area contributed by atoms with Crippen molar-refractivity contribution in [3.63, 3.8) is 0 Å². The summed E-state index contributed by atoms with van der Waals surface area (Å²) in [5, 5.41) is 13.3. The van der Waals surface area contributed by atoms with E-state index in [0.29, 0.717) is 29.9 Å². The van der Waals surface area contributed by atoms with Gasteiger partial charge in [-0.15, -0.1) is 0 Å². The number of nitrogens with two attached hydrogens (primary N) is 1. The van der Waals surface area contributed by atoms with Crippen molar-refractivity contribution >= 4 is 28.4 Å². The highest BCUT2D eigenvalue weighted by Crippen LogP contribution is 2.41. The number of hydrogen-bond acceptors (Lipinski definition) is 7. The van der Waals surface area contributed by atoms with E-state index in [-0.39, 0.29) is 18.0 Å². The van der Waals surface area contributed by atoms with Crippen LogP contribution < -0.4 is 16.0 Å². The smallest absolute Gasteiger partial charge is 0.411 e. The summed E-state index contributed by atoms with van der Waals surface area (Å²) in [6.45, 7) is 3.10. The number of benzene rings is 3. The van der Waals surface area contributed by atoms with Gasteiger partial charge in [0.15, 0.2) is 0 Å². The van der Waals surface area contributed by atoms with E-state index in [1.165, 1.54) is 19.2 Å². The van der Waals surface area contributed by atoms with E-state index in [9.17, 15) is 14.4 Å². The summed E-state index contributed by atoms with van der Waals surface area (Å²) < 4.78 is 25.1. The molecule has 1 aliphatic heterocycles. The Hall–Kier alpha value is -4.52. The number of methoxy groups -OCH3 is 2. The second kappa shape index (κ2) is 11.3. The minimum Gasteiger partial charge on any atom is -0.453 e. The van der Waals surface area contributed by atoms with Crippen LogP contribution in [0.25, 0.3) is 33.2 Å². The molecule has 2 atom stereocenters. The Balaban J connectivity index is 1.75. The number of aryl methyl sites for hydroxylation is 1. The lowest BCUT2D eigenvalue weighted by Crippen LogP contribution is -2.51. The van der Waals surface area contributed by atoms with Gasteiger partial charge in [0, 0.05) is 49.0 Å². The van der Waals surface area contributed by atoms with Crippen molar-refractivity contribution in [3.8, 4) is 28.3 Å². The fraction of sp³-hybridized carbons (Fsp3) is 0.258. The summed E-state index contributed by atoms with van der Waals surface area (Å²) in [6, 6.07) is 18.0. The quantitative estimate of drug-likeness (QED) is 0.338. The van der Waals surface area contributed by atoms with Crippen molar-refractivity contribution in [2.24, 2.45) is 5.73 Å². The minimum atomic E-state index is -0.675. The van der Waals surface area contributed by atoms with Crippen LogP contribution in [0.2, 0.25) is 0 Å². The number of anilines is 2. The van der Waals surface area contributed by atoms with Gasteiger partial charge in [-0.2, -0.15) is 5.26 Å². The van der Waals surface area contributed by atoms with Crippen LogP contribution in [0.5, 0.6) is 0 Å². The highest BCUT2D eigenvalue weighted by atomic mass is 19.1. The molecule has 5 rings (SSSR count). The lowest BCUT2D eigenvalue weighted by atomic mass is 9.94. The van der Waals surface area contributed by atoms with Crippen LogP contribution >= 0.6 is 0 Å². The molecule has 9 heteroatoms. The average molecular weight is 540 g/mol. The summed E-state index contributed by atoms with van der Waals surface area (Å²) in [5.41, 5.74) is 12.4. The third kappa shape index (κ3) is 5.19. The topological polar surface area (TPSA) is 113 Å². The van der Waals surface area contributed by atoms with Crippen molar-refractivity contribution in [1.82, 2.24) is 4.98 Å². The van der Waals surface area contributed by atoms with Gasteiger partial charge in [0.2, 0.25) is 0 Å². The number of halogens is 1. The third-order valence-corrected chi connectivity index (χ3v) is 7.33. The van der Waals surface area contributed by atoms with Gasteiger partial charge in [0.25, 0.3) is 0 Å². The Morgan fingerprint density at radius 3 is 2.70 bits per heavy atom. The van der Waals surface area contributed by atoms with Gasteiger partial charge < -0.3 is 20.1 Å². The van der Waals surface area contributed by atoms with E-state index in [1.54, 1.807) is 25.4 Å². The van der Waals surface area contributed by atoms with Gasteiger partial charge in [0.05, 0.1) is 35.7 Å². The molecule has 4 aromatic rings. The minimum absolute atomic E-state index is 0.0922. The summed E-state index contributed by atoms with van der Waals surface area (Å²) in [4.78, 5) is 19.1. The number of piperidine rings is 1. The molecule has 3 N–H and O–H groups in total. The van der Waals surface area contributed by atoms with Crippen LogP contribution in [0.4, 0.5) is 20.6 Å². The van der Waals surface area contributed by atoms with Gasteiger partial charge in [-0.05, 0) is 60.4 Å². The van der Waals surface area contributed by atoms with Gasteiger partial charge in [-0.3, -0.25) is 10.3 Å². The van der Waals surface area contributed by atoms with Crippen molar-refractivity contribution in [1.29, 1.82) is 5.26 Å². The third-order valence-electron chi connectivity index (χ3n) is 7.33. The molecule has 3 aromatic carbocycles. The second-order valence-corrected chi connectivity index (χ2v) is 9.90. The number of aromatic nitrogens is 1. The number of nitrogens with one attached hydrogen (secondary N) is 1. The van der Waals surface area contributed by atoms with E-state index in [0.717, 1.165) is 45.3 Å². The number of carbonyl (C=O) groups excluding carboxylic acids is 1. The van der Waals surface area contributed by atoms with E-state index < -0.39 is 6.09 Å². The molecule has 0 radical (unpaired) electrons. The molecular formula is C31H30FN5O3. The lowest BCUT2D eigenvalue weighted by molar-refractivity contribution is 0.0731. The molecule has 0 aliphatic carbocycles. The Bertz CT molecular complexity index is 1610. The van der Waals surface area contributed by atoms with Crippen LogP contribution in [0.15, 0.2) is 60.8 Å². The second-order valence-electron chi connectivity index (χ2n) is 9.90. The Kier molecular flexibility index (Phi) is 7.65. The zero-order chi connectivity index (χ0) is 28.4. The Morgan fingerprint density at radius 2 is 1.98 bits per heavy atom. The summed E-state index contributed by atoms with van der Waals surface area (Å²) >= 11 is 0. The molecule has 204 valence electrons. The number of para-hydroxylation sites is 1. The van der Waals surface area contributed by atoms with Crippen LogP contribution in [0.3, 0.4) is 0 Å². The number of fused-ring (bicyclic) bond motifs is 1. The van der Waals surface area contributed by atoms with Crippen molar-refractivity contribution < 1.29 is 18.7 Å².